The lowest BCUT2D eigenvalue weighted by Crippen LogP contribution is -2.60. The standard InChI is InChI=1S/C20H28O6S/c1-13-3-5-15(6-4-13)27(23,24)26-17-8-10-20(22)16-12-25-18(21)11-14(16)7-9-19(17,20)2/h3-6,14,16-18,21-22H,7-12H2,1-2H3/t14-,16-,17-,18?,19+,20-/m1/s1. The van der Waals surface area contributed by atoms with E-state index in [1.54, 1.807) is 24.3 Å². The van der Waals surface area contributed by atoms with Crippen LogP contribution in [-0.4, -0.2) is 43.2 Å². The second-order valence-corrected chi connectivity index (χ2v) is 10.2. The maximum atomic E-state index is 12.8. The van der Waals surface area contributed by atoms with Crippen molar-refractivity contribution in [3.63, 3.8) is 0 Å². The van der Waals surface area contributed by atoms with Crippen molar-refractivity contribution in [1.82, 2.24) is 0 Å². The summed E-state index contributed by atoms with van der Waals surface area (Å²) in [6, 6.07) is 6.61. The summed E-state index contributed by atoms with van der Waals surface area (Å²) in [5, 5.41) is 21.4. The van der Waals surface area contributed by atoms with E-state index in [0.29, 0.717) is 32.3 Å². The van der Waals surface area contributed by atoms with Gasteiger partial charge in [-0.15, -0.1) is 0 Å². The summed E-state index contributed by atoms with van der Waals surface area (Å²) >= 11 is 0. The van der Waals surface area contributed by atoms with E-state index >= 15 is 0 Å². The minimum Gasteiger partial charge on any atom is -0.389 e. The van der Waals surface area contributed by atoms with Crippen molar-refractivity contribution in [2.24, 2.45) is 17.3 Å². The third-order valence-electron chi connectivity index (χ3n) is 7.23. The first-order chi connectivity index (χ1) is 12.7. The average Bonchev–Trinajstić information content (AvgIpc) is 2.87. The van der Waals surface area contributed by atoms with Crippen molar-refractivity contribution in [2.45, 2.75) is 68.8 Å². The Balaban J connectivity index is 1.59. The Bertz CT molecular complexity index is 806. The molecule has 1 unspecified atom stereocenters. The molecule has 7 heteroatoms. The number of ether oxygens (including phenoxy) is 1. The van der Waals surface area contributed by atoms with Gasteiger partial charge in [-0.3, -0.25) is 4.18 Å². The van der Waals surface area contributed by atoms with Crippen LogP contribution < -0.4 is 0 Å². The van der Waals surface area contributed by atoms with E-state index < -0.39 is 33.5 Å². The van der Waals surface area contributed by atoms with Gasteiger partial charge in [0.05, 0.1) is 23.2 Å². The monoisotopic (exact) mass is 396 g/mol. The van der Waals surface area contributed by atoms with E-state index in [1.165, 1.54) is 0 Å². The highest BCUT2D eigenvalue weighted by atomic mass is 32.2. The molecule has 150 valence electrons. The van der Waals surface area contributed by atoms with Gasteiger partial charge in [-0.25, -0.2) is 0 Å². The second kappa shape index (κ2) is 6.52. The molecule has 0 aromatic heterocycles. The lowest BCUT2D eigenvalue weighted by molar-refractivity contribution is -0.239. The first-order valence-electron chi connectivity index (χ1n) is 9.68. The molecule has 0 bridgehead atoms. The molecule has 4 rings (SSSR count). The molecule has 27 heavy (non-hydrogen) atoms. The molecule has 6 nitrogen and oxygen atoms in total. The normalized spacial score (nSPS) is 41.8. The molecule has 0 spiro atoms. The Morgan fingerprint density at radius 2 is 1.89 bits per heavy atom. The Morgan fingerprint density at radius 3 is 2.59 bits per heavy atom. The number of fused-ring (bicyclic) bond motifs is 3. The molecule has 0 amide bonds. The lowest BCUT2D eigenvalue weighted by Gasteiger charge is -2.55. The zero-order valence-corrected chi connectivity index (χ0v) is 16.6. The van der Waals surface area contributed by atoms with Crippen molar-refractivity contribution in [1.29, 1.82) is 0 Å². The van der Waals surface area contributed by atoms with Crippen LogP contribution in [0.2, 0.25) is 0 Å². The van der Waals surface area contributed by atoms with E-state index in [9.17, 15) is 18.6 Å². The number of benzene rings is 1. The summed E-state index contributed by atoms with van der Waals surface area (Å²) in [5.41, 5.74) is -0.713. The van der Waals surface area contributed by atoms with Crippen LogP contribution in [0.4, 0.5) is 0 Å². The third-order valence-corrected chi connectivity index (χ3v) is 8.56. The number of aliphatic hydroxyl groups is 2. The smallest absolute Gasteiger partial charge is 0.297 e. The molecule has 2 saturated carbocycles. The minimum absolute atomic E-state index is 0.102. The van der Waals surface area contributed by atoms with Crippen molar-refractivity contribution >= 4 is 10.1 Å². The zero-order chi connectivity index (χ0) is 19.4. The van der Waals surface area contributed by atoms with Crippen LogP contribution in [0.25, 0.3) is 0 Å². The number of hydrogen-bond donors (Lipinski definition) is 2. The van der Waals surface area contributed by atoms with E-state index in [4.69, 9.17) is 8.92 Å². The largest absolute Gasteiger partial charge is 0.389 e. The molecule has 1 aliphatic heterocycles. The fourth-order valence-corrected chi connectivity index (χ4v) is 6.66. The molecule has 1 aromatic rings. The Kier molecular flexibility index (Phi) is 4.67. The van der Waals surface area contributed by atoms with Crippen LogP contribution in [0.3, 0.4) is 0 Å². The second-order valence-electron chi connectivity index (χ2n) is 8.66. The minimum atomic E-state index is -3.90. The average molecular weight is 397 g/mol. The SMILES string of the molecule is Cc1ccc(S(=O)(=O)O[C@@H]2CC[C@@]3(O)[C@@H]4COC(O)C[C@H]4CC[C@@]23C)cc1. The van der Waals surface area contributed by atoms with Gasteiger partial charge in [-0.2, -0.15) is 8.42 Å². The molecule has 1 aromatic carbocycles. The van der Waals surface area contributed by atoms with E-state index in [-0.39, 0.29) is 16.7 Å². The Morgan fingerprint density at radius 1 is 1.19 bits per heavy atom. The number of rotatable bonds is 3. The molecule has 1 heterocycles. The fourth-order valence-electron chi connectivity index (χ4n) is 5.46. The quantitative estimate of drug-likeness (QED) is 0.762. The van der Waals surface area contributed by atoms with Crippen LogP contribution in [0.15, 0.2) is 29.2 Å². The Hall–Kier alpha value is -0.990. The molecule has 3 fully saturated rings. The molecule has 6 atom stereocenters. The van der Waals surface area contributed by atoms with Crippen molar-refractivity contribution in [3.05, 3.63) is 29.8 Å². The van der Waals surface area contributed by atoms with Gasteiger partial charge < -0.3 is 14.9 Å². The highest BCUT2D eigenvalue weighted by molar-refractivity contribution is 7.86. The Labute approximate surface area is 160 Å². The van der Waals surface area contributed by atoms with Crippen LogP contribution >= 0.6 is 0 Å². The fraction of sp³-hybridized carbons (Fsp3) is 0.700. The molecule has 3 aliphatic rings. The van der Waals surface area contributed by atoms with Gasteiger partial charge in [-0.05, 0) is 50.7 Å². The topological polar surface area (TPSA) is 93.1 Å². The van der Waals surface area contributed by atoms with Gasteiger partial charge in [0.25, 0.3) is 10.1 Å². The highest BCUT2D eigenvalue weighted by Crippen LogP contribution is 2.61. The maximum Gasteiger partial charge on any atom is 0.297 e. The molecule has 2 aliphatic carbocycles. The first-order valence-corrected chi connectivity index (χ1v) is 11.1. The van der Waals surface area contributed by atoms with Gasteiger partial charge in [0.15, 0.2) is 6.29 Å². The van der Waals surface area contributed by atoms with Crippen LogP contribution in [0, 0.1) is 24.2 Å². The summed E-state index contributed by atoms with van der Waals surface area (Å²) in [6.07, 6.45) is 1.66. The number of aliphatic hydroxyl groups excluding tert-OH is 1. The summed E-state index contributed by atoms with van der Waals surface area (Å²) in [7, 11) is -3.90. The van der Waals surface area contributed by atoms with Gasteiger partial charge in [0, 0.05) is 17.8 Å². The van der Waals surface area contributed by atoms with E-state index in [1.807, 2.05) is 13.8 Å². The van der Waals surface area contributed by atoms with Gasteiger partial charge in [-0.1, -0.05) is 24.6 Å². The molecular weight excluding hydrogens is 368 g/mol. The van der Waals surface area contributed by atoms with Gasteiger partial charge in [0.2, 0.25) is 0 Å². The van der Waals surface area contributed by atoms with Crippen LogP contribution in [0.1, 0.15) is 44.6 Å². The summed E-state index contributed by atoms with van der Waals surface area (Å²) in [6.45, 7) is 4.14. The van der Waals surface area contributed by atoms with Gasteiger partial charge >= 0.3 is 0 Å². The van der Waals surface area contributed by atoms with Crippen molar-refractivity contribution in [2.75, 3.05) is 6.61 Å². The first kappa shape index (κ1) is 19.3. The maximum absolute atomic E-state index is 12.8. The molecule has 0 radical (unpaired) electrons. The van der Waals surface area contributed by atoms with Crippen LogP contribution in [-0.2, 0) is 19.0 Å². The van der Waals surface area contributed by atoms with Crippen molar-refractivity contribution in [3.8, 4) is 0 Å². The summed E-state index contributed by atoms with van der Waals surface area (Å²) in [4.78, 5) is 0.143. The predicted octanol–water partition coefficient (Wildman–Crippen LogP) is 2.37. The molecule has 1 saturated heterocycles. The van der Waals surface area contributed by atoms with Gasteiger partial charge in [0.1, 0.15) is 0 Å². The number of hydrogen-bond acceptors (Lipinski definition) is 6. The van der Waals surface area contributed by atoms with Crippen LogP contribution in [0.5, 0.6) is 0 Å². The summed E-state index contributed by atoms with van der Waals surface area (Å²) in [5.74, 6) is 0.0922. The zero-order valence-electron chi connectivity index (χ0n) is 15.8. The van der Waals surface area contributed by atoms with Crippen molar-refractivity contribution < 1.29 is 27.6 Å². The molecule has 2 N–H and O–H groups in total. The highest BCUT2D eigenvalue weighted by Gasteiger charge is 2.65. The van der Waals surface area contributed by atoms with E-state index in [2.05, 4.69) is 0 Å². The number of aryl methyl sites for hydroxylation is 1. The van der Waals surface area contributed by atoms with E-state index in [0.717, 1.165) is 12.0 Å². The third kappa shape index (κ3) is 3.04. The predicted molar refractivity (Wildman–Crippen MR) is 98.3 cm³/mol. The molecular formula is C20H28O6S. The lowest BCUT2D eigenvalue weighted by atomic mass is 9.56. The summed E-state index contributed by atoms with van der Waals surface area (Å²) < 4.78 is 36.7.